The van der Waals surface area contributed by atoms with E-state index in [1.54, 1.807) is 23.9 Å². The molecule has 0 radical (unpaired) electrons. The van der Waals surface area contributed by atoms with Crippen molar-refractivity contribution < 1.29 is 13.2 Å². The van der Waals surface area contributed by atoms with Crippen molar-refractivity contribution in [3.8, 4) is 5.75 Å². The zero-order valence-electron chi connectivity index (χ0n) is 17.9. The SMILES string of the molecule is CCOc1ccc2nc(SCc3nc4cc(S(=O)(=O)N(C)C)ccc4n3CC)[nH]c2c1. The Morgan fingerprint density at radius 2 is 1.90 bits per heavy atom. The van der Waals surface area contributed by atoms with Gasteiger partial charge in [0.05, 0.1) is 39.3 Å². The molecule has 0 spiro atoms. The smallest absolute Gasteiger partial charge is 0.242 e. The summed E-state index contributed by atoms with van der Waals surface area (Å²) in [6.45, 7) is 5.36. The number of rotatable bonds is 8. The van der Waals surface area contributed by atoms with E-state index in [0.29, 0.717) is 17.9 Å². The molecular formula is C21H25N5O3S2. The minimum atomic E-state index is -3.50. The van der Waals surface area contributed by atoms with Crippen molar-refractivity contribution in [2.24, 2.45) is 0 Å². The van der Waals surface area contributed by atoms with Crippen LogP contribution in [-0.2, 0) is 22.3 Å². The summed E-state index contributed by atoms with van der Waals surface area (Å²) in [4.78, 5) is 12.9. The van der Waals surface area contributed by atoms with E-state index in [2.05, 4.69) is 21.5 Å². The van der Waals surface area contributed by atoms with Crippen LogP contribution in [0.5, 0.6) is 5.75 Å². The summed E-state index contributed by atoms with van der Waals surface area (Å²) in [6.07, 6.45) is 0. The van der Waals surface area contributed by atoms with E-state index in [0.717, 1.165) is 39.8 Å². The van der Waals surface area contributed by atoms with Crippen molar-refractivity contribution in [1.82, 2.24) is 23.8 Å². The van der Waals surface area contributed by atoms with Gasteiger partial charge >= 0.3 is 0 Å². The number of aromatic amines is 1. The summed E-state index contributed by atoms with van der Waals surface area (Å²) in [5, 5.41) is 0.800. The maximum absolute atomic E-state index is 12.5. The number of sulfonamides is 1. The number of benzene rings is 2. The molecule has 0 aliphatic heterocycles. The summed E-state index contributed by atoms with van der Waals surface area (Å²) in [5.74, 6) is 2.29. The molecule has 0 unspecified atom stereocenters. The van der Waals surface area contributed by atoms with Gasteiger partial charge in [0.2, 0.25) is 10.0 Å². The maximum atomic E-state index is 12.5. The highest BCUT2D eigenvalue weighted by atomic mass is 32.2. The molecule has 10 heteroatoms. The van der Waals surface area contributed by atoms with Gasteiger partial charge in [0, 0.05) is 26.7 Å². The van der Waals surface area contributed by atoms with E-state index in [9.17, 15) is 8.42 Å². The minimum Gasteiger partial charge on any atom is -0.494 e. The fraction of sp³-hybridized carbons (Fsp3) is 0.333. The lowest BCUT2D eigenvalue weighted by atomic mass is 10.3. The van der Waals surface area contributed by atoms with Crippen LogP contribution in [0.3, 0.4) is 0 Å². The Morgan fingerprint density at radius 1 is 1.10 bits per heavy atom. The van der Waals surface area contributed by atoms with Gasteiger partial charge in [0.15, 0.2) is 5.16 Å². The van der Waals surface area contributed by atoms with E-state index in [4.69, 9.17) is 9.72 Å². The second-order valence-electron chi connectivity index (χ2n) is 7.15. The van der Waals surface area contributed by atoms with Gasteiger partial charge in [-0.3, -0.25) is 0 Å². The van der Waals surface area contributed by atoms with Gasteiger partial charge in [-0.2, -0.15) is 0 Å². The number of aryl methyl sites for hydroxylation is 1. The number of fused-ring (bicyclic) bond motifs is 2. The van der Waals surface area contributed by atoms with Crippen LogP contribution in [-0.4, -0.2) is 52.9 Å². The Morgan fingerprint density at radius 3 is 2.61 bits per heavy atom. The lowest BCUT2D eigenvalue weighted by Gasteiger charge is -2.11. The lowest BCUT2D eigenvalue weighted by molar-refractivity contribution is 0.340. The molecule has 0 amide bonds. The Labute approximate surface area is 185 Å². The predicted octanol–water partition coefficient (Wildman–Crippen LogP) is 3.87. The molecule has 2 aromatic heterocycles. The molecule has 8 nitrogen and oxygen atoms in total. The van der Waals surface area contributed by atoms with E-state index in [1.165, 1.54) is 18.4 Å². The van der Waals surface area contributed by atoms with Gasteiger partial charge in [-0.15, -0.1) is 0 Å². The van der Waals surface area contributed by atoms with Gasteiger partial charge in [-0.1, -0.05) is 11.8 Å². The summed E-state index contributed by atoms with van der Waals surface area (Å²) in [5.41, 5.74) is 3.40. The van der Waals surface area contributed by atoms with Gasteiger partial charge in [0.25, 0.3) is 0 Å². The van der Waals surface area contributed by atoms with Crippen molar-refractivity contribution in [1.29, 1.82) is 0 Å². The first-order valence-corrected chi connectivity index (χ1v) is 12.4. The Kier molecular flexibility index (Phi) is 5.96. The van der Waals surface area contributed by atoms with Gasteiger partial charge in [-0.05, 0) is 44.2 Å². The standard InChI is InChI=1S/C21H25N5O3S2/c1-5-26-19-10-8-15(31(27,28)25(3)4)12-18(19)22-20(26)13-30-21-23-16-9-7-14(29-6-2)11-17(16)24-21/h7-12H,5-6,13H2,1-4H3,(H,23,24). The molecular weight excluding hydrogens is 434 g/mol. The highest BCUT2D eigenvalue weighted by molar-refractivity contribution is 7.98. The fourth-order valence-electron chi connectivity index (χ4n) is 3.42. The number of nitrogens with one attached hydrogen (secondary N) is 1. The Bertz CT molecular complexity index is 1340. The number of ether oxygens (including phenoxy) is 1. The number of nitrogens with zero attached hydrogens (tertiary/aromatic N) is 4. The van der Waals surface area contributed by atoms with Crippen molar-refractivity contribution in [2.75, 3.05) is 20.7 Å². The molecule has 1 N–H and O–H groups in total. The second-order valence-corrected chi connectivity index (χ2v) is 10.3. The van der Waals surface area contributed by atoms with Crippen molar-refractivity contribution in [3.63, 3.8) is 0 Å². The van der Waals surface area contributed by atoms with Crippen LogP contribution in [0.25, 0.3) is 22.1 Å². The average molecular weight is 460 g/mol. The van der Waals surface area contributed by atoms with Crippen LogP contribution in [0.1, 0.15) is 19.7 Å². The first-order valence-electron chi connectivity index (χ1n) is 10.0. The van der Waals surface area contributed by atoms with E-state index in [-0.39, 0.29) is 4.90 Å². The molecule has 2 aromatic carbocycles. The summed E-state index contributed by atoms with van der Waals surface area (Å²) < 4.78 is 33.8. The van der Waals surface area contributed by atoms with Crippen molar-refractivity contribution in [2.45, 2.75) is 36.2 Å². The zero-order chi connectivity index (χ0) is 22.2. The van der Waals surface area contributed by atoms with E-state index < -0.39 is 10.0 Å². The highest BCUT2D eigenvalue weighted by Crippen LogP contribution is 2.28. The van der Waals surface area contributed by atoms with Crippen molar-refractivity contribution in [3.05, 3.63) is 42.2 Å². The van der Waals surface area contributed by atoms with Crippen LogP contribution < -0.4 is 4.74 Å². The summed E-state index contributed by atoms with van der Waals surface area (Å²) in [6, 6.07) is 10.9. The molecule has 4 aromatic rings. The highest BCUT2D eigenvalue weighted by Gasteiger charge is 2.19. The third kappa shape index (κ3) is 4.15. The first kappa shape index (κ1) is 21.7. The summed E-state index contributed by atoms with van der Waals surface area (Å²) >= 11 is 1.56. The molecule has 2 heterocycles. The molecule has 0 aliphatic carbocycles. The van der Waals surface area contributed by atoms with Crippen LogP contribution in [0, 0.1) is 0 Å². The molecule has 0 fully saturated rings. The normalized spacial score (nSPS) is 12.3. The molecule has 0 bridgehead atoms. The molecule has 0 aliphatic rings. The first-order chi connectivity index (χ1) is 14.8. The van der Waals surface area contributed by atoms with Crippen LogP contribution in [0.4, 0.5) is 0 Å². The largest absolute Gasteiger partial charge is 0.494 e. The minimum absolute atomic E-state index is 0.243. The van der Waals surface area contributed by atoms with Gasteiger partial charge < -0.3 is 14.3 Å². The van der Waals surface area contributed by atoms with Crippen LogP contribution in [0.2, 0.25) is 0 Å². The van der Waals surface area contributed by atoms with Crippen LogP contribution in [0.15, 0.2) is 46.5 Å². The second kappa shape index (κ2) is 8.52. The number of hydrogen-bond acceptors (Lipinski definition) is 6. The summed E-state index contributed by atoms with van der Waals surface area (Å²) in [7, 11) is -0.454. The number of aromatic nitrogens is 4. The number of hydrogen-bond donors (Lipinski definition) is 1. The zero-order valence-corrected chi connectivity index (χ0v) is 19.5. The Balaban J connectivity index is 1.61. The molecule has 31 heavy (non-hydrogen) atoms. The Hall–Kier alpha value is -2.56. The van der Waals surface area contributed by atoms with E-state index in [1.807, 2.05) is 31.2 Å². The molecule has 0 saturated carbocycles. The molecule has 0 saturated heterocycles. The van der Waals surface area contributed by atoms with Crippen LogP contribution >= 0.6 is 11.8 Å². The molecule has 0 atom stereocenters. The fourth-order valence-corrected chi connectivity index (χ4v) is 5.17. The maximum Gasteiger partial charge on any atom is 0.242 e. The van der Waals surface area contributed by atoms with Gasteiger partial charge in [0.1, 0.15) is 11.6 Å². The number of imidazole rings is 2. The lowest BCUT2D eigenvalue weighted by Crippen LogP contribution is -2.22. The molecule has 4 rings (SSSR count). The third-order valence-corrected chi connectivity index (χ3v) is 7.65. The van der Waals surface area contributed by atoms with Gasteiger partial charge in [-0.25, -0.2) is 22.7 Å². The average Bonchev–Trinajstić information content (AvgIpc) is 3.31. The number of thioether (sulfide) groups is 1. The third-order valence-electron chi connectivity index (χ3n) is 4.97. The predicted molar refractivity (Wildman–Crippen MR) is 123 cm³/mol. The topological polar surface area (TPSA) is 93.1 Å². The van der Waals surface area contributed by atoms with Crippen molar-refractivity contribution >= 4 is 43.9 Å². The monoisotopic (exact) mass is 459 g/mol. The molecule has 164 valence electrons. The number of H-pyrrole nitrogens is 1. The van der Waals surface area contributed by atoms with E-state index >= 15 is 0 Å². The quantitative estimate of drug-likeness (QED) is 0.402.